The number of hydrogen-bond acceptors (Lipinski definition) is 4. The van der Waals surface area contributed by atoms with Crippen molar-refractivity contribution in [2.24, 2.45) is 5.10 Å². The Labute approximate surface area is 146 Å². The molecule has 2 N–H and O–H groups in total. The van der Waals surface area contributed by atoms with Gasteiger partial charge in [-0.25, -0.2) is 5.43 Å². The highest BCUT2D eigenvalue weighted by atomic mass is 16.5. The molecule has 0 saturated carbocycles. The third kappa shape index (κ3) is 4.14. The summed E-state index contributed by atoms with van der Waals surface area (Å²) in [6, 6.07) is 21.4. The molecule has 0 unspecified atom stereocenters. The van der Waals surface area contributed by atoms with E-state index >= 15 is 0 Å². The maximum atomic E-state index is 11.9. The molecule has 5 heteroatoms. The van der Waals surface area contributed by atoms with Crippen LogP contribution in [0.5, 0.6) is 5.75 Å². The van der Waals surface area contributed by atoms with Crippen LogP contribution in [0.4, 0.5) is 5.69 Å². The second-order valence-electron chi connectivity index (χ2n) is 5.42. The van der Waals surface area contributed by atoms with Crippen LogP contribution in [0.25, 0.3) is 10.8 Å². The summed E-state index contributed by atoms with van der Waals surface area (Å²) in [7, 11) is 1.61. The van der Waals surface area contributed by atoms with Crippen LogP contribution in [0.1, 0.15) is 5.56 Å². The van der Waals surface area contributed by atoms with Crippen LogP contribution in [0.2, 0.25) is 0 Å². The minimum Gasteiger partial charge on any atom is -0.496 e. The number of ether oxygens (including phenoxy) is 1. The van der Waals surface area contributed by atoms with Gasteiger partial charge in [0.25, 0.3) is 5.91 Å². The van der Waals surface area contributed by atoms with Gasteiger partial charge in [-0.15, -0.1) is 0 Å². The van der Waals surface area contributed by atoms with Crippen LogP contribution in [-0.4, -0.2) is 25.8 Å². The quantitative estimate of drug-likeness (QED) is 0.537. The minimum absolute atomic E-state index is 0.147. The first-order chi connectivity index (χ1) is 12.3. The van der Waals surface area contributed by atoms with Crippen molar-refractivity contribution >= 4 is 28.6 Å². The highest BCUT2D eigenvalue weighted by Gasteiger charge is 2.06. The molecule has 3 aromatic carbocycles. The summed E-state index contributed by atoms with van der Waals surface area (Å²) in [5.74, 6) is 0.485. The van der Waals surface area contributed by atoms with Gasteiger partial charge < -0.3 is 10.1 Å². The highest BCUT2D eigenvalue weighted by Crippen LogP contribution is 2.26. The van der Waals surface area contributed by atoms with Gasteiger partial charge >= 0.3 is 0 Å². The lowest BCUT2D eigenvalue weighted by Crippen LogP contribution is -2.25. The summed E-state index contributed by atoms with van der Waals surface area (Å²) in [5, 5.41) is 9.20. The number of nitrogens with one attached hydrogen (secondary N) is 2. The minimum atomic E-state index is -0.223. The Balaban J connectivity index is 1.67. The molecule has 0 aliphatic carbocycles. The van der Waals surface area contributed by atoms with Crippen LogP contribution < -0.4 is 15.5 Å². The van der Waals surface area contributed by atoms with Crippen LogP contribution in [-0.2, 0) is 4.79 Å². The Morgan fingerprint density at radius 3 is 2.60 bits per heavy atom. The van der Waals surface area contributed by atoms with E-state index in [-0.39, 0.29) is 12.5 Å². The molecule has 3 aromatic rings. The van der Waals surface area contributed by atoms with Crippen molar-refractivity contribution in [3.05, 3.63) is 72.3 Å². The molecule has 126 valence electrons. The average molecular weight is 333 g/mol. The zero-order chi connectivity index (χ0) is 17.5. The lowest BCUT2D eigenvalue weighted by Gasteiger charge is -2.08. The Morgan fingerprint density at radius 1 is 1.04 bits per heavy atom. The van der Waals surface area contributed by atoms with Gasteiger partial charge in [0.2, 0.25) is 0 Å². The summed E-state index contributed by atoms with van der Waals surface area (Å²) >= 11 is 0. The molecule has 0 bridgehead atoms. The fourth-order valence-electron chi connectivity index (χ4n) is 2.53. The first-order valence-corrected chi connectivity index (χ1v) is 7.94. The molecule has 0 fully saturated rings. The number of carbonyl (C=O) groups is 1. The Hall–Kier alpha value is -3.34. The number of rotatable bonds is 6. The number of carbonyl (C=O) groups excluding carboxylic acids is 1. The van der Waals surface area contributed by atoms with Crippen LogP contribution in [0, 0.1) is 0 Å². The summed E-state index contributed by atoms with van der Waals surface area (Å²) in [4.78, 5) is 11.9. The monoisotopic (exact) mass is 333 g/mol. The fraction of sp³-hybridized carbons (Fsp3) is 0.100. The molecule has 0 spiro atoms. The summed E-state index contributed by atoms with van der Waals surface area (Å²) in [5.41, 5.74) is 4.25. The normalized spacial score (nSPS) is 10.8. The SMILES string of the molecule is COc1ccc2ccccc2c1/C=N\NC(=O)CNc1ccccc1. The van der Waals surface area contributed by atoms with E-state index in [0.29, 0.717) is 5.75 Å². The third-order valence-corrected chi connectivity index (χ3v) is 3.76. The zero-order valence-electron chi connectivity index (χ0n) is 13.9. The van der Waals surface area contributed by atoms with E-state index in [4.69, 9.17) is 4.74 Å². The Bertz CT molecular complexity index is 892. The topological polar surface area (TPSA) is 62.7 Å². The van der Waals surface area contributed by atoms with Crippen LogP contribution >= 0.6 is 0 Å². The van der Waals surface area contributed by atoms with Gasteiger partial charge in [-0.05, 0) is 29.0 Å². The van der Waals surface area contributed by atoms with Crippen molar-refractivity contribution in [1.29, 1.82) is 0 Å². The summed E-state index contributed by atoms with van der Waals surface area (Å²) in [6.07, 6.45) is 1.61. The molecule has 25 heavy (non-hydrogen) atoms. The van der Waals surface area contributed by atoms with Crippen molar-refractivity contribution in [3.63, 3.8) is 0 Å². The Kier molecular flexibility index (Phi) is 5.26. The average Bonchev–Trinajstić information content (AvgIpc) is 2.67. The molecular formula is C20H19N3O2. The van der Waals surface area contributed by atoms with Gasteiger partial charge in [-0.3, -0.25) is 4.79 Å². The van der Waals surface area contributed by atoms with E-state index in [1.165, 1.54) is 0 Å². The molecule has 5 nitrogen and oxygen atoms in total. The second kappa shape index (κ2) is 7.97. The number of para-hydroxylation sites is 1. The van der Waals surface area contributed by atoms with Crippen molar-refractivity contribution in [2.75, 3.05) is 19.0 Å². The lowest BCUT2D eigenvalue weighted by molar-refractivity contribution is -0.119. The highest BCUT2D eigenvalue weighted by molar-refractivity contribution is 6.02. The molecule has 0 atom stereocenters. The first kappa shape index (κ1) is 16.5. The Morgan fingerprint density at radius 2 is 1.80 bits per heavy atom. The number of anilines is 1. The third-order valence-electron chi connectivity index (χ3n) is 3.76. The van der Waals surface area contributed by atoms with Gasteiger partial charge in [0, 0.05) is 11.3 Å². The van der Waals surface area contributed by atoms with E-state index in [0.717, 1.165) is 22.0 Å². The number of nitrogens with zero attached hydrogens (tertiary/aromatic N) is 1. The largest absolute Gasteiger partial charge is 0.496 e. The van der Waals surface area contributed by atoms with Gasteiger partial charge in [-0.2, -0.15) is 5.10 Å². The van der Waals surface area contributed by atoms with Gasteiger partial charge in [0.15, 0.2) is 0 Å². The standard InChI is InChI=1S/C20H19N3O2/c1-25-19-12-11-15-7-5-6-10-17(15)18(19)13-22-23-20(24)14-21-16-8-3-2-4-9-16/h2-13,21H,14H2,1H3,(H,23,24)/b22-13-. The second-order valence-corrected chi connectivity index (χ2v) is 5.42. The summed E-state index contributed by atoms with van der Waals surface area (Å²) in [6.45, 7) is 0.147. The molecular weight excluding hydrogens is 314 g/mol. The van der Waals surface area contributed by atoms with E-state index in [9.17, 15) is 4.79 Å². The molecule has 1 amide bonds. The lowest BCUT2D eigenvalue weighted by atomic mass is 10.0. The maximum absolute atomic E-state index is 11.9. The fourth-order valence-corrected chi connectivity index (χ4v) is 2.53. The smallest absolute Gasteiger partial charge is 0.259 e. The molecule has 0 radical (unpaired) electrons. The predicted molar refractivity (Wildman–Crippen MR) is 101 cm³/mol. The van der Waals surface area contributed by atoms with Crippen LogP contribution in [0.15, 0.2) is 71.8 Å². The molecule has 0 aromatic heterocycles. The van der Waals surface area contributed by atoms with Crippen LogP contribution in [0.3, 0.4) is 0 Å². The number of fused-ring (bicyclic) bond motifs is 1. The van der Waals surface area contributed by atoms with Crippen molar-refractivity contribution in [2.45, 2.75) is 0 Å². The zero-order valence-corrected chi connectivity index (χ0v) is 13.9. The van der Waals surface area contributed by atoms with Crippen molar-refractivity contribution < 1.29 is 9.53 Å². The van der Waals surface area contributed by atoms with Crippen molar-refractivity contribution in [1.82, 2.24) is 5.43 Å². The number of hydrazone groups is 1. The van der Waals surface area contributed by atoms with Gasteiger partial charge in [0.1, 0.15) is 5.75 Å². The molecule has 0 aliphatic heterocycles. The van der Waals surface area contributed by atoms with Gasteiger partial charge in [0.05, 0.1) is 19.9 Å². The molecule has 3 rings (SSSR count). The molecule has 0 heterocycles. The maximum Gasteiger partial charge on any atom is 0.259 e. The number of amides is 1. The number of hydrogen-bond donors (Lipinski definition) is 2. The van der Waals surface area contributed by atoms with E-state index < -0.39 is 0 Å². The van der Waals surface area contributed by atoms with Gasteiger partial charge in [-0.1, -0.05) is 48.5 Å². The molecule has 0 aliphatic rings. The number of methoxy groups -OCH3 is 1. The molecule has 0 saturated heterocycles. The summed E-state index contributed by atoms with van der Waals surface area (Å²) < 4.78 is 5.40. The predicted octanol–water partition coefficient (Wildman–Crippen LogP) is 3.41. The first-order valence-electron chi connectivity index (χ1n) is 7.94. The number of benzene rings is 3. The van der Waals surface area contributed by atoms with Crippen molar-refractivity contribution in [3.8, 4) is 5.75 Å². The van der Waals surface area contributed by atoms with E-state index in [1.807, 2.05) is 66.7 Å². The van der Waals surface area contributed by atoms with E-state index in [1.54, 1.807) is 13.3 Å². The van der Waals surface area contributed by atoms with E-state index in [2.05, 4.69) is 15.8 Å².